The van der Waals surface area contributed by atoms with Crippen LogP contribution in [0.5, 0.6) is 0 Å². The topological polar surface area (TPSA) is 49.3 Å². The van der Waals surface area contributed by atoms with Crippen molar-refractivity contribution in [2.45, 2.75) is 18.9 Å². The highest BCUT2D eigenvalue weighted by molar-refractivity contribution is 5.70. The number of carboxylic acids is 1. The summed E-state index contributed by atoms with van der Waals surface area (Å²) in [6, 6.07) is 3.20. The molecule has 1 aliphatic rings. The molecule has 2 rings (SSSR count). The van der Waals surface area contributed by atoms with Crippen molar-refractivity contribution in [3.63, 3.8) is 0 Å². The van der Waals surface area contributed by atoms with Crippen LogP contribution in [0, 0.1) is 11.7 Å². The number of aliphatic carboxylic acids is 1. The molecule has 0 bridgehead atoms. The second kappa shape index (κ2) is 4.97. The molecule has 1 heterocycles. The van der Waals surface area contributed by atoms with Crippen LogP contribution in [-0.4, -0.2) is 17.6 Å². The van der Waals surface area contributed by atoms with E-state index in [2.05, 4.69) is 5.32 Å². The number of rotatable bonds is 3. The van der Waals surface area contributed by atoms with Crippen molar-refractivity contribution in [1.82, 2.24) is 5.32 Å². The lowest BCUT2D eigenvalue weighted by molar-refractivity contribution is -0.141. The van der Waals surface area contributed by atoms with Crippen LogP contribution in [0.15, 0.2) is 18.2 Å². The summed E-state index contributed by atoms with van der Waals surface area (Å²) in [5.74, 6) is -2.38. The lowest BCUT2D eigenvalue weighted by Gasteiger charge is -2.12. The van der Waals surface area contributed by atoms with E-state index in [-0.39, 0.29) is 6.04 Å². The van der Waals surface area contributed by atoms with Gasteiger partial charge in [-0.2, -0.15) is 0 Å². The van der Waals surface area contributed by atoms with Crippen molar-refractivity contribution in [3.8, 4) is 0 Å². The van der Waals surface area contributed by atoms with Crippen molar-refractivity contribution in [2.75, 3.05) is 6.54 Å². The van der Waals surface area contributed by atoms with Gasteiger partial charge < -0.3 is 10.4 Å². The summed E-state index contributed by atoms with van der Waals surface area (Å²) < 4.78 is 38.1. The fraction of sp³-hybridized carbons (Fsp3) is 0.417. The highest BCUT2D eigenvalue weighted by Gasteiger charge is 2.30. The molecule has 0 aromatic heterocycles. The number of hydrogen-bond acceptors (Lipinski definition) is 2. The molecule has 1 aliphatic heterocycles. The van der Waals surface area contributed by atoms with Crippen LogP contribution in [0.3, 0.4) is 0 Å². The second-order valence-corrected chi connectivity index (χ2v) is 4.31. The van der Waals surface area contributed by atoms with E-state index in [0.717, 1.165) is 12.1 Å². The van der Waals surface area contributed by atoms with E-state index in [0.29, 0.717) is 18.5 Å². The molecule has 2 unspecified atom stereocenters. The van der Waals surface area contributed by atoms with Crippen LogP contribution in [0.1, 0.15) is 30.0 Å². The molecule has 1 aromatic carbocycles. The van der Waals surface area contributed by atoms with Gasteiger partial charge in [0.05, 0.1) is 11.5 Å². The summed E-state index contributed by atoms with van der Waals surface area (Å²) in [6.07, 6.45) is -2.51. The average Bonchev–Trinajstić information content (AvgIpc) is 2.77. The first kappa shape index (κ1) is 12.9. The molecule has 0 aliphatic carbocycles. The van der Waals surface area contributed by atoms with E-state index in [1.54, 1.807) is 0 Å². The molecule has 0 amide bonds. The Kier molecular flexibility index (Phi) is 3.56. The van der Waals surface area contributed by atoms with Crippen LogP contribution in [-0.2, 0) is 4.79 Å². The minimum Gasteiger partial charge on any atom is -0.481 e. The molecular weight excluding hydrogens is 247 g/mol. The molecule has 1 aromatic rings. The molecule has 6 heteroatoms. The van der Waals surface area contributed by atoms with Gasteiger partial charge in [-0.3, -0.25) is 4.79 Å². The van der Waals surface area contributed by atoms with Crippen LogP contribution in [0.25, 0.3) is 0 Å². The van der Waals surface area contributed by atoms with E-state index in [4.69, 9.17) is 5.11 Å². The third-order valence-corrected chi connectivity index (χ3v) is 3.14. The quantitative estimate of drug-likeness (QED) is 0.876. The Morgan fingerprint density at radius 1 is 1.44 bits per heavy atom. The van der Waals surface area contributed by atoms with Crippen LogP contribution < -0.4 is 5.32 Å². The predicted octanol–water partition coefficient (Wildman–Crippen LogP) is 2.50. The molecule has 0 radical (unpaired) electrons. The smallest absolute Gasteiger partial charge is 0.307 e. The van der Waals surface area contributed by atoms with Crippen molar-refractivity contribution in [1.29, 1.82) is 0 Å². The Morgan fingerprint density at radius 3 is 2.67 bits per heavy atom. The first-order valence-electron chi connectivity index (χ1n) is 5.52. The molecule has 0 spiro atoms. The molecular formula is C12H12F3NO2. The fourth-order valence-corrected chi connectivity index (χ4v) is 2.11. The largest absolute Gasteiger partial charge is 0.481 e. The van der Waals surface area contributed by atoms with Gasteiger partial charge in [0.15, 0.2) is 0 Å². The van der Waals surface area contributed by atoms with Crippen LogP contribution >= 0.6 is 0 Å². The third-order valence-electron chi connectivity index (χ3n) is 3.14. The molecule has 1 saturated heterocycles. The van der Waals surface area contributed by atoms with Gasteiger partial charge in [-0.1, -0.05) is 12.1 Å². The molecule has 18 heavy (non-hydrogen) atoms. The zero-order valence-corrected chi connectivity index (χ0v) is 9.37. The van der Waals surface area contributed by atoms with Gasteiger partial charge in [-0.05, 0) is 18.1 Å². The number of carboxylic acid groups (broad SMARTS) is 1. The summed E-state index contributed by atoms with van der Waals surface area (Å²) in [5, 5.41) is 11.8. The van der Waals surface area contributed by atoms with Crippen molar-refractivity contribution in [3.05, 3.63) is 35.1 Å². The second-order valence-electron chi connectivity index (χ2n) is 4.31. The van der Waals surface area contributed by atoms with E-state index in [1.165, 1.54) is 6.07 Å². The lowest BCUT2D eigenvalue weighted by Crippen LogP contribution is -2.17. The SMILES string of the molecule is O=C(O)C1CNC(c2ccc(C(F)F)c(F)c2)C1. The number of alkyl halides is 2. The molecule has 3 nitrogen and oxygen atoms in total. The average molecular weight is 259 g/mol. The zero-order valence-electron chi connectivity index (χ0n) is 9.37. The fourth-order valence-electron chi connectivity index (χ4n) is 2.11. The molecule has 98 valence electrons. The van der Waals surface area contributed by atoms with E-state index in [9.17, 15) is 18.0 Å². The van der Waals surface area contributed by atoms with Gasteiger partial charge in [0.1, 0.15) is 5.82 Å². The number of halogens is 3. The van der Waals surface area contributed by atoms with E-state index >= 15 is 0 Å². The Balaban J connectivity index is 2.16. The van der Waals surface area contributed by atoms with Crippen molar-refractivity contribution >= 4 is 5.97 Å². The summed E-state index contributed by atoms with van der Waals surface area (Å²) in [6.45, 7) is 0.304. The van der Waals surface area contributed by atoms with Gasteiger partial charge in [-0.25, -0.2) is 13.2 Å². The number of hydrogen-bond donors (Lipinski definition) is 2. The summed E-state index contributed by atoms with van der Waals surface area (Å²) in [7, 11) is 0. The van der Waals surface area contributed by atoms with Crippen LogP contribution in [0.4, 0.5) is 13.2 Å². The third kappa shape index (κ3) is 2.48. The normalized spacial score (nSPS) is 23.6. The first-order valence-corrected chi connectivity index (χ1v) is 5.52. The Morgan fingerprint density at radius 2 is 2.17 bits per heavy atom. The molecule has 2 atom stereocenters. The maximum absolute atomic E-state index is 13.4. The standard InChI is InChI=1S/C12H12F3NO2/c13-9-3-6(1-2-8(9)11(14)15)10-4-7(5-16-10)12(17)18/h1-3,7,10-11,16H,4-5H2,(H,17,18). The minimum absolute atomic E-state index is 0.299. The Hall–Kier alpha value is -1.56. The monoisotopic (exact) mass is 259 g/mol. The molecule has 0 saturated carbocycles. The maximum Gasteiger partial charge on any atom is 0.307 e. The van der Waals surface area contributed by atoms with Gasteiger partial charge in [0.2, 0.25) is 0 Å². The van der Waals surface area contributed by atoms with Gasteiger partial charge in [0, 0.05) is 12.6 Å². The van der Waals surface area contributed by atoms with Gasteiger partial charge >= 0.3 is 5.97 Å². The number of nitrogens with one attached hydrogen (secondary N) is 1. The summed E-state index contributed by atoms with van der Waals surface area (Å²) >= 11 is 0. The number of benzene rings is 1. The highest BCUT2D eigenvalue weighted by Crippen LogP contribution is 2.30. The molecule has 1 fully saturated rings. The number of carbonyl (C=O) groups is 1. The minimum atomic E-state index is -2.85. The predicted molar refractivity (Wildman–Crippen MR) is 57.8 cm³/mol. The summed E-state index contributed by atoms with van der Waals surface area (Å²) in [4.78, 5) is 10.8. The zero-order chi connectivity index (χ0) is 13.3. The Bertz CT molecular complexity index is 465. The Labute approximate surface area is 102 Å². The van der Waals surface area contributed by atoms with E-state index < -0.39 is 29.7 Å². The van der Waals surface area contributed by atoms with Gasteiger partial charge in [0.25, 0.3) is 6.43 Å². The maximum atomic E-state index is 13.4. The first-order chi connectivity index (χ1) is 8.49. The van der Waals surface area contributed by atoms with Gasteiger partial charge in [-0.15, -0.1) is 0 Å². The highest BCUT2D eigenvalue weighted by atomic mass is 19.3. The van der Waals surface area contributed by atoms with E-state index in [1.807, 2.05) is 0 Å². The lowest BCUT2D eigenvalue weighted by atomic mass is 9.99. The molecule has 2 N–H and O–H groups in total. The van der Waals surface area contributed by atoms with Crippen molar-refractivity contribution in [2.24, 2.45) is 5.92 Å². The van der Waals surface area contributed by atoms with Crippen LogP contribution in [0.2, 0.25) is 0 Å². The summed E-state index contributed by atoms with van der Waals surface area (Å²) in [5.41, 5.74) is -0.132. The van der Waals surface area contributed by atoms with Crippen molar-refractivity contribution < 1.29 is 23.1 Å².